The second-order valence-corrected chi connectivity index (χ2v) is 7.32. The molecule has 3 rings (SSSR count). The number of aromatic nitrogens is 2. The summed E-state index contributed by atoms with van der Waals surface area (Å²) >= 11 is 7.65. The summed E-state index contributed by atoms with van der Waals surface area (Å²) in [6.07, 6.45) is 3.02. The highest BCUT2D eigenvalue weighted by Crippen LogP contribution is 2.25. The minimum absolute atomic E-state index is 0.395. The van der Waals surface area contributed by atoms with Crippen LogP contribution in [0, 0.1) is 0 Å². The van der Waals surface area contributed by atoms with E-state index >= 15 is 0 Å². The van der Waals surface area contributed by atoms with Gasteiger partial charge in [-0.05, 0) is 12.1 Å². The largest absolute Gasteiger partial charge is 0.293 e. The van der Waals surface area contributed by atoms with Crippen LogP contribution in [0.2, 0.25) is 4.34 Å². The highest BCUT2D eigenvalue weighted by Gasteiger charge is 2.19. The minimum Gasteiger partial charge on any atom is -0.293 e. The van der Waals surface area contributed by atoms with Crippen LogP contribution < -0.4 is 0 Å². The molecule has 0 fully saturated rings. The number of rotatable bonds is 3. The standard InChI is InChI=1S/C15H18ClN3S/c1-10(2)15-17-7-11-8-19(6-5-13(11)18-15)9-12-3-4-14(16)20-12/h3-4,7,10H,5-6,8-9H2,1-2H3. The van der Waals surface area contributed by atoms with E-state index in [-0.39, 0.29) is 0 Å². The third kappa shape index (κ3) is 3.03. The minimum atomic E-state index is 0.395. The van der Waals surface area contributed by atoms with Crippen molar-refractivity contribution in [1.82, 2.24) is 14.9 Å². The van der Waals surface area contributed by atoms with Crippen LogP contribution in [0.5, 0.6) is 0 Å². The SMILES string of the molecule is CC(C)c1ncc2c(n1)CCN(Cc1ccc(Cl)s1)C2. The molecule has 0 aliphatic carbocycles. The molecule has 0 spiro atoms. The van der Waals surface area contributed by atoms with E-state index < -0.39 is 0 Å². The van der Waals surface area contributed by atoms with Gasteiger partial charge in [-0.1, -0.05) is 25.4 Å². The van der Waals surface area contributed by atoms with E-state index in [9.17, 15) is 0 Å². The molecular formula is C15H18ClN3S. The molecule has 3 nitrogen and oxygen atoms in total. The Morgan fingerprint density at radius 1 is 1.40 bits per heavy atom. The predicted octanol–water partition coefficient (Wildman–Crippen LogP) is 3.87. The van der Waals surface area contributed by atoms with Gasteiger partial charge in [-0.15, -0.1) is 11.3 Å². The predicted molar refractivity (Wildman–Crippen MR) is 83.3 cm³/mol. The van der Waals surface area contributed by atoms with Gasteiger partial charge in [-0.3, -0.25) is 4.90 Å². The highest BCUT2D eigenvalue weighted by molar-refractivity contribution is 7.16. The molecule has 0 amide bonds. The van der Waals surface area contributed by atoms with Crippen LogP contribution in [0.4, 0.5) is 0 Å². The second kappa shape index (κ2) is 5.80. The first-order valence-electron chi connectivity index (χ1n) is 6.93. The maximum Gasteiger partial charge on any atom is 0.131 e. The van der Waals surface area contributed by atoms with Gasteiger partial charge in [0.25, 0.3) is 0 Å². The zero-order chi connectivity index (χ0) is 14.1. The molecule has 0 unspecified atom stereocenters. The molecule has 0 saturated carbocycles. The molecule has 0 N–H and O–H groups in total. The van der Waals surface area contributed by atoms with Crippen molar-refractivity contribution in [3.05, 3.63) is 44.6 Å². The van der Waals surface area contributed by atoms with Crippen molar-refractivity contribution in [3.63, 3.8) is 0 Å². The van der Waals surface area contributed by atoms with Crippen LogP contribution in [0.3, 0.4) is 0 Å². The number of nitrogens with zero attached hydrogens (tertiary/aromatic N) is 3. The van der Waals surface area contributed by atoms with E-state index in [1.165, 1.54) is 16.1 Å². The maximum absolute atomic E-state index is 5.99. The molecule has 1 aliphatic rings. The molecule has 20 heavy (non-hydrogen) atoms. The summed E-state index contributed by atoms with van der Waals surface area (Å²) in [5, 5.41) is 0. The lowest BCUT2D eigenvalue weighted by Gasteiger charge is -2.27. The van der Waals surface area contributed by atoms with Crippen LogP contribution in [-0.2, 0) is 19.5 Å². The Morgan fingerprint density at radius 2 is 2.25 bits per heavy atom. The van der Waals surface area contributed by atoms with Crippen LogP contribution in [0.25, 0.3) is 0 Å². The van der Waals surface area contributed by atoms with Crippen LogP contribution >= 0.6 is 22.9 Å². The zero-order valence-electron chi connectivity index (χ0n) is 11.8. The van der Waals surface area contributed by atoms with Crippen LogP contribution in [-0.4, -0.2) is 21.4 Å². The van der Waals surface area contributed by atoms with Crippen molar-refractivity contribution in [2.45, 2.75) is 39.3 Å². The Labute approximate surface area is 128 Å². The molecule has 2 aromatic heterocycles. The fraction of sp³-hybridized carbons (Fsp3) is 0.467. The molecular weight excluding hydrogens is 290 g/mol. The first kappa shape index (κ1) is 14.0. The fourth-order valence-electron chi connectivity index (χ4n) is 2.46. The van der Waals surface area contributed by atoms with Crippen molar-refractivity contribution in [2.75, 3.05) is 6.54 Å². The smallest absolute Gasteiger partial charge is 0.131 e. The van der Waals surface area contributed by atoms with Crippen molar-refractivity contribution in [3.8, 4) is 0 Å². The normalized spacial score (nSPS) is 15.6. The van der Waals surface area contributed by atoms with Crippen LogP contribution in [0.15, 0.2) is 18.3 Å². The number of thiophene rings is 1. The van der Waals surface area contributed by atoms with Gasteiger partial charge >= 0.3 is 0 Å². The van der Waals surface area contributed by atoms with Gasteiger partial charge < -0.3 is 0 Å². The lowest BCUT2D eigenvalue weighted by atomic mass is 10.1. The summed E-state index contributed by atoms with van der Waals surface area (Å²) in [5.41, 5.74) is 2.49. The third-order valence-electron chi connectivity index (χ3n) is 3.56. The molecule has 0 aromatic carbocycles. The Balaban J connectivity index is 1.72. The molecule has 0 bridgehead atoms. The number of hydrogen-bond donors (Lipinski definition) is 0. The van der Waals surface area contributed by atoms with E-state index in [4.69, 9.17) is 16.6 Å². The van der Waals surface area contributed by atoms with Crippen molar-refractivity contribution in [1.29, 1.82) is 0 Å². The first-order valence-corrected chi connectivity index (χ1v) is 8.12. The molecule has 5 heteroatoms. The number of hydrogen-bond acceptors (Lipinski definition) is 4. The Morgan fingerprint density at radius 3 is 2.95 bits per heavy atom. The number of halogens is 1. The van der Waals surface area contributed by atoms with Crippen molar-refractivity contribution >= 4 is 22.9 Å². The van der Waals surface area contributed by atoms with Crippen molar-refractivity contribution in [2.24, 2.45) is 0 Å². The molecule has 0 radical (unpaired) electrons. The van der Waals surface area contributed by atoms with E-state index in [2.05, 4.69) is 29.8 Å². The van der Waals surface area contributed by atoms with Gasteiger partial charge in [0, 0.05) is 54.3 Å². The zero-order valence-corrected chi connectivity index (χ0v) is 13.3. The summed E-state index contributed by atoms with van der Waals surface area (Å²) in [5.74, 6) is 1.36. The summed E-state index contributed by atoms with van der Waals surface area (Å²) in [4.78, 5) is 12.9. The summed E-state index contributed by atoms with van der Waals surface area (Å²) in [7, 11) is 0. The van der Waals surface area contributed by atoms with Gasteiger partial charge in [0.1, 0.15) is 5.82 Å². The molecule has 2 aromatic rings. The quantitative estimate of drug-likeness (QED) is 0.862. The lowest BCUT2D eigenvalue weighted by molar-refractivity contribution is 0.244. The molecule has 1 aliphatic heterocycles. The van der Waals surface area contributed by atoms with Gasteiger partial charge in [0.05, 0.1) is 4.34 Å². The van der Waals surface area contributed by atoms with Gasteiger partial charge in [0.2, 0.25) is 0 Å². The fourth-order valence-corrected chi connectivity index (χ4v) is 3.59. The van der Waals surface area contributed by atoms with E-state index in [0.717, 1.165) is 36.2 Å². The lowest BCUT2D eigenvalue weighted by Crippen LogP contribution is -2.30. The van der Waals surface area contributed by atoms with E-state index in [1.54, 1.807) is 11.3 Å². The summed E-state index contributed by atoms with van der Waals surface area (Å²) in [6.45, 7) is 7.22. The summed E-state index contributed by atoms with van der Waals surface area (Å²) in [6, 6.07) is 4.08. The van der Waals surface area contributed by atoms with E-state index in [0.29, 0.717) is 5.92 Å². The maximum atomic E-state index is 5.99. The van der Waals surface area contributed by atoms with E-state index in [1.807, 2.05) is 12.3 Å². The highest BCUT2D eigenvalue weighted by atomic mass is 35.5. The van der Waals surface area contributed by atoms with Gasteiger partial charge in [0.15, 0.2) is 0 Å². The average molecular weight is 308 g/mol. The van der Waals surface area contributed by atoms with Crippen LogP contribution in [0.1, 0.15) is 41.7 Å². The first-order chi connectivity index (χ1) is 9.61. The van der Waals surface area contributed by atoms with Crippen molar-refractivity contribution < 1.29 is 0 Å². The summed E-state index contributed by atoms with van der Waals surface area (Å²) < 4.78 is 0.863. The Hall–Kier alpha value is -0.970. The van der Waals surface area contributed by atoms with Gasteiger partial charge in [-0.2, -0.15) is 0 Å². The monoisotopic (exact) mass is 307 g/mol. The Kier molecular flexibility index (Phi) is 4.06. The topological polar surface area (TPSA) is 29.0 Å². The third-order valence-corrected chi connectivity index (χ3v) is 4.77. The number of fused-ring (bicyclic) bond motifs is 1. The molecule has 3 heterocycles. The molecule has 0 atom stereocenters. The van der Waals surface area contributed by atoms with Gasteiger partial charge in [-0.25, -0.2) is 9.97 Å². The molecule has 106 valence electrons. The second-order valence-electron chi connectivity index (χ2n) is 5.52. The molecule has 0 saturated heterocycles. The average Bonchev–Trinajstić information content (AvgIpc) is 2.83. The Bertz CT molecular complexity index is 609.